The first-order valence-corrected chi connectivity index (χ1v) is 9.01. The van der Waals surface area contributed by atoms with Gasteiger partial charge in [0.1, 0.15) is 0 Å². The van der Waals surface area contributed by atoms with Crippen LogP contribution >= 0.6 is 24.0 Å². The van der Waals surface area contributed by atoms with Gasteiger partial charge in [0, 0.05) is 45.4 Å². The predicted molar refractivity (Wildman–Crippen MR) is 110 cm³/mol. The first-order valence-electron chi connectivity index (χ1n) is 9.01. The summed E-state index contributed by atoms with van der Waals surface area (Å²) in [6.45, 7) is 15.5. The van der Waals surface area contributed by atoms with E-state index in [1.165, 1.54) is 25.9 Å². The van der Waals surface area contributed by atoms with Crippen molar-refractivity contribution in [3.05, 3.63) is 0 Å². The van der Waals surface area contributed by atoms with Gasteiger partial charge in [0.2, 0.25) is 0 Å². The fraction of sp³-hybridized carbons (Fsp3) is 0.941. The van der Waals surface area contributed by atoms with Crippen molar-refractivity contribution in [3.63, 3.8) is 0 Å². The highest BCUT2D eigenvalue weighted by Crippen LogP contribution is 2.18. The molecule has 0 saturated carbocycles. The van der Waals surface area contributed by atoms with Crippen LogP contribution in [0.1, 0.15) is 47.0 Å². The minimum absolute atomic E-state index is 0. The van der Waals surface area contributed by atoms with Crippen LogP contribution < -0.4 is 10.6 Å². The van der Waals surface area contributed by atoms with Crippen LogP contribution in [0.2, 0.25) is 0 Å². The molecule has 0 radical (unpaired) electrons. The average Bonchev–Trinajstić information content (AvgIpc) is 2.52. The summed E-state index contributed by atoms with van der Waals surface area (Å²) >= 11 is 0. The first kappa shape index (κ1) is 22.9. The fourth-order valence-corrected chi connectivity index (χ4v) is 2.80. The highest BCUT2D eigenvalue weighted by Gasteiger charge is 2.21. The zero-order valence-electron chi connectivity index (χ0n) is 15.4. The monoisotopic (exact) mass is 440 g/mol. The third-order valence-corrected chi connectivity index (χ3v) is 4.09. The van der Waals surface area contributed by atoms with Crippen molar-refractivity contribution < 1.29 is 4.74 Å². The number of guanidine groups is 1. The molecular weight excluding hydrogens is 403 g/mol. The van der Waals surface area contributed by atoms with Gasteiger partial charge in [-0.3, -0.25) is 4.99 Å². The van der Waals surface area contributed by atoms with Crippen LogP contribution in [-0.4, -0.2) is 62.8 Å². The van der Waals surface area contributed by atoms with Crippen molar-refractivity contribution in [2.24, 2.45) is 10.9 Å². The molecule has 1 unspecified atom stereocenters. The molecule has 1 rings (SSSR count). The highest BCUT2D eigenvalue weighted by atomic mass is 127. The number of halogens is 1. The van der Waals surface area contributed by atoms with Crippen molar-refractivity contribution in [1.82, 2.24) is 15.5 Å². The van der Waals surface area contributed by atoms with Gasteiger partial charge in [0.25, 0.3) is 0 Å². The molecule has 1 atom stereocenters. The summed E-state index contributed by atoms with van der Waals surface area (Å²) in [5, 5.41) is 6.73. The molecule has 2 N–H and O–H groups in total. The Balaban J connectivity index is 0.00000484. The van der Waals surface area contributed by atoms with E-state index in [1.807, 2.05) is 6.92 Å². The number of nitrogens with one attached hydrogen (secondary N) is 2. The third-order valence-electron chi connectivity index (χ3n) is 4.09. The molecule has 138 valence electrons. The van der Waals surface area contributed by atoms with Gasteiger partial charge >= 0.3 is 0 Å². The van der Waals surface area contributed by atoms with Gasteiger partial charge in [-0.1, -0.05) is 0 Å². The molecule has 1 fully saturated rings. The maximum Gasteiger partial charge on any atom is 0.191 e. The molecular formula is C17H37IN4O. The second-order valence-electron chi connectivity index (χ2n) is 6.29. The minimum Gasteiger partial charge on any atom is -0.382 e. The molecule has 6 heteroatoms. The van der Waals surface area contributed by atoms with Gasteiger partial charge in [0.15, 0.2) is 5.96 Å². The number of hydrogen-bond donors (Lipinski definition) is 2. The SMILES string of the molecule is CCNC(=NCC1CCCN(C(C)C)C1)NCCCOCC.I. The van der Waals surface area contributed by atoms with Gasteiger partial charge < -0.3 is 20.3 Å². The Kier molecular flexibility index (Phi) is 14.2. The van der Waals surface area contributed by atoms with Crippen molar-refractivity contribution in [2.45, 2.75) is 53.0 Å². The summed E-state index contributed by atoms with van der Waals surface area (Å²) in [4.78, 5) is 7.35. The number of piperidine rings is 1. The van der Waals surface area contributed by atoms with Gasteiger partial charge in [-0.15, -0.1) is 24.0 Å². The summed E-state index contributed by atoms with van der Waals surface area (Å²) < 4.78 is 5.36. The molecule has 0 aromatic carbocycles. The average molecular weight is 440 g/mol. The van der Waals surface area contributed by atoms with Crippen molar-refractivity contribution in [3.8, 4) is 0 Å². The second kappa shape index (κ2) is 14.3. The lowest BCUT2D eigenvalue weighted by Crippen LogP contribution is -2.42. The molecule has 1 aliphatic rings. The quantitative estimate of drug-likeness (QED) is 0.251. The van der Waals surface area contributed by atoms with E-state index in [0.717, 1.165) is 45.2 Å². The van der Waals surface area contributed by atoms with E-state index in [9.17, 15) is 0 Å². The Bertz CT molecular complexity index is 313. The van der Waals surface area contributed by atoms with Crippen LogP contribution in [0, 0.1) is 5.92 Å². The maximum atomic E-state index is 5.36. The smallest absolute Gasteiger partial charge is 0.191 e. The van der Waals surface area contributed by atoms with Crippen molar-refractivity contribution >= 4 is 29.9 Å². The number of aliphatic imine (C=N–C) groups is 1. The molecule has 0 aromatic rings. The van der Waals surface area contributed by atoms with Gasteiger partial charge in [-0.2, -0.15) is 0 Å². The molecule has 23 heavy (non-hydrogen) atoms. The lowest BCUT2D eigenvalue weighted by Gasteiger charge is -2.34. The Hall–Kier alpha value is -0.0800. The molecule has 5 nitrogen and oxygen atoms in total. The Morgan fingerprint density at radius 1 is 1.30 bits per heavy atom. The van der Waals surface area contributed by atoms with Crippen LogP contribution in [0.5, 0.6) is 0 Å². The highest BCUT2D eigenvalue weighted by molar-refractivity contribution is 14.0. The van der Waals surface area contributed by atoms with E-state index in [0.29, 0.717) is 12.0 Å². The van der Waals surface area contributed by atoms with E-state index in [1.54, 1.807) is 0 Å². The molecule has 1 heterocycles. The maximum absolute atomic E-state index is 5.36. The fourth-order valence-electron chi connectivity index (χ4n) is 2.80. The van der Waals surface area contributed by atoms with E-state index >= 15 is 0 Å². The molecule has 1 aliphatic heterocycles. The zero-order chi connectivity index (χ0) is 16.2. The van der Waals surface area contributed by atoms with Gasteiger partial charge in [-0.05, 0) is 59.4 Å². The topological polar surface area (TPSA) is 48.9 Å². The number of ether oxygens (including phenoxy) is 1. The standard InChI is InChI=1S/C17H36N4O.HI/c1-5-18-17(19-10-8-12-22-6-2)20-13-16-9-7-11-21(14-16)15(3)4;/h15-16H,5-14H2,1-4H3,(H2,18,19,20);1H. The zero-order valence-corrected chi connectivity index (χ0v) is 17.8. The molecule has 0 bridgehead atoms. The largest absolute Gasteiger partial charge is 0.382 e. The molecule has 0 aliphatic carbocycles. The molecule has 1 saturated heterocycles. The van der Waals surface area contributed by atoms with E-state index in [-0.39, 0.29) is 24.0 Å². The molecule has 0 spiro atoms. The summed E-state index contributed by atoms with van der Waals surface area (Å²) in [5.41, 5.74) is 0. The van der Waals surface area contributed by atoms with Crippen LogP contribution in [0.3, 0.4) is 0 Å². The number of likely N-dealkylation sites (tertiary alicyclic amines) is 1. The Morgan fingerprint density at radius 3 is 2.74 bits per heavy atom. The Labute approximate surface area is 160 Å². The molecule has 0 amide bonds. The first-order chi connectivity index (χ1) is 10.7. The summed E-state index contributed by atoms with van der Waals surface area (Å²) in [6, 6.07) is 0.650. The lowest BCUT2D eigenvalue weighted by molar-refractivity contribution is 0.143. The number of rotatable bonds is 9. The van der Waals surface area contributed by atoms with Gasteiger partial charge in [-0.25, -0.2) is 0 Å². The third kappa shape index (κ3) is 10.4. The van der Waals surface area contributed by atoms with E-state index in [2.05, 4.69) is 36.3 Å². The Morgan fingerprint density at radius 2 is 2.09 bits per heavy atom. The van der Waals surface area contributed by atoms with Crippen LogP contribution in [-0.2, 0) is 4.74 Å². The molecule has 0 aromatic heterocycles. The van der Waals surface area contributed by atoms with Gasteiger partial charge in [0.05, 0.1) is 0 Å². The second-order valence-corrected chi connectivity index (χ2v) is 6.29. The van der Waals surface area contributed by atoms with Crippen molar-refractivity contribution in [1.29, 1.82) is 0 Å². The van der Waals surface area contributed by atoms with E-state index < -0.39 is 0 Å². The summed E-state index contributed by atoms with van der Waals surface area (Å²) in [5.74, 6) is 1.63. The summed E-state index contributed by atoms with van der Waals surface area (Å²) in [7, 11) is 0. The predicted octanol–water partition coefficient (Wildman–Crippen LogP) is 2.71. The van der Waals surface area contributed by atoms with E-state index in [4.69, 9.17) is 9.73 Å². The number of nitrogens with zero attached hydrogens (tertiary/aromatic N) is 2. The van der Waals surface area contributed by atoms with Crippen molar-refractivity contribution in [2.75, 3.05) is 45.9 Å². The number of hydrogen-bond acceptors (Lipinski definition) is 3. The van der Waals surface area contributed by atoms with Crippen LogP contribution in [0.4, 0.5) is 0 Å². The van der Waals surface area contributed by atoms with Crippen LogP contribution in [0.15, 0.2) is 4.99 Å². The summed E-state index contributed by atoms with van der Waals surface area (Å²) in [6.07, 6.45) is 3.62. The normalized spacial score (nSPS) is 19.5. The lowest BCUT2D eigenvalue weighted by atomic mass is 9.97. The minimum atomic E-state index is 0. The van der Waals surface area contributed by atoms with Crippen LogP contribution in [0.25, 0.3) is 0 Å².